The minimum absolute atomic E-state index is 0.0815. The van der Waals surface area contributed by atoms with E-state index in [1.807, 2.05) is 24.3 Å². The fourth-order valence-electron chi connectivity index (χ4n) is 1.17. The van der Waals surface area contributed by atoms with E-state index in [1.165, 1.54) is 6.92 Å². The summed E-state index contributed by atoms with van der Waals surface area (Å²) in [5.41, 5.74) is 1.76. The number of amides is 1. The maximum atomic E-state index is 11.0. The summed E-state index contributed by atoms with van der Waals surface area (Å²) < 4.78 is 1.13. The van der Waals surface area contributed by atoms with Crippen molar-refractivity contribution in [1.29, 1.82) is 0 Å². The first-order valence-corrected chi connectivity index (χ1v) is 5.57. The molecule has 0 bridgehead atoms. The van der Waals surface area contributed by atoms with Crippen LogP contribution in [-0.4, -0.2) is 5.91 Å². The molecule has 2 nitrogen and oxygen atoms in total. The van der Waals surface area contributed by atoms with E-state index >= 15 is 0 Å². The van der Waals surface area contributed by atoms with E-state index in [2.05, 4.69) is 34.5 Å². The van der Waals surface area contributed by atoms with Crippen LogP contribution in [0.2, 0.25) is 0 Å². The number of hydrogen-bond donors (Lipinski definition) is 1. The molecule has 0 saturated heterocycles. The van der Waals surface area contributed by atoms with Crippen LogP contribution in [0.25, 0.3) is 5.70 Å². The van der Waals surface area contributed by atoms with Crippen molar-refractivity contribution in [3.8, 4) is 0 Å². The Labute approximate surface area is 103 Å². The first-order valence-electron chi connectivity index (χ1n) is 4.49. The molecular formula is C12H12INO. The summed E-state index contributed by atoms with van der Waals surface area (Å²) in [6, 6.07) is 7.92. The second kappa shape index (κ2) is 5.70. The van der Waals surface area contributed by atoms with Crippen LogP contribution in [0.4, 0.5) is 0 Å². The normalized spacial score (nSPS) is 10.9. The number of hydrogen-bond acceptors (Lipinski definition) is 1. The molecule has 0 spiro atoms. The lowest BCUT2D eigenvalue weighted by Crippen LogP contribution is -2.17. The zero-order valence-corrected chi connectivity index (χ0v) is 10.6. The Balaban J connectivity index is 3.04. The van der Waals surface area contributed by atoms with Crippen molar-refractivity contribution in [2.45, 2.75) is 6.92 Å². The highest BCUT2D eigenvalue weighted by atomic mass is 127. The summed E-state index contributed by atoms with van der Waals surface area (Å²) in [5, 5.41) is 2.77. The van der Waals surface area contributed by atoms with Crippen molar-refractivity contribution in [2.75, 3.05) is 0 Å². The van der Waals surface area contributed by atoms with Gasteiger partial charge in [-0.3, -0.25) is 4.79 Å². The summed E-state index contributed by atoms with van der Waals surface area (Å²) >= 11 is 2.24. The van der Waals surface area contributed by atoms with Crippen LogP contribution >= 0.6 is 22.6 Å². The molecule has 0 atom stereocenters. The van der Waals surface area contributed by atoms with Crippen molar-refractivity contribution < 1.29 is 4.79 Å². The fraction of sp³-hybridized carbons (Fsp3) is 0.0833. The van der Waals surface area contributed by atoms with Crippen molar-refractivity contribution >= 4 is 34.2 Å². The van der Waals surface area contributed by atoms with Crippen LogP contribution in [0.5, 0.6) is 0 Å². The number of benzene rings is 1. The van der Waals surface area contributed by atoms with Gasteiger partial charge in [-0.25, -0.2) is 0 Å². The molecule has 0 heterocycles. The predicted octanol–water partition coefficient (Wildman–Crippen LogP) is 2.95. The summed E-state index contributed by atoms with van der Waals surface area (Å²) in [7, 11) is 0. The topological polar surface area (TPSA) is 29.1 Å². The molecule has 78 valence electrons. The van der Waals surface area contributed by atoms with Gasteiger partial charge in [0.2, 0.25) is 5.91 Å². The van der Waals surface area contributed by atoms with Gasteiger partial charge >= 0.3 is 0 Å². The van der Waals surface area contributed by atoms with Gasteiger partial charge in [-0.15, -0.1) is 0 Å². The van der Waals surface area contributed by atoms with Crippen molar-refractivity contribution in [3.05, 3.63) is 52.1 Å². The second-order valence-electron chi connectivity index (χ2n) is 3.01. The minimum atomic E-state index is -0.0815. The summed E-state index contributed by atoms with van der Waals surface area (Å²) in [5.74, 6) is -0.0815. The zero-order valence-electron chi connectivity index (χ0n) is 8.46. The standard InChI is InChI=1S/C12H12INO/c1-3-5-12(14-9(2)15)10-6-4-7-11(13)8-10/h3-8H,1H2,2H3,(H,14,15). The lowest BCUT2D eigenvalue weighted by molar-refractivity contribution is -0.117. The molecule has 0 aromatic heterocycles. The number of carbonyl (C=O) groups is 1. The predicted molar refractivity (Wildman–Crippen MR) is 71.1 cm³/mol. The molecule has 0 aliphatic rings. The van der Waals surface area contributed by atoms with Gasteiger partial charge in [0.05, 0.1) is 0 Å². The van der Waals surface area contributed by atoms with Gasteiger partial charge in [-0.05, 0) is 46.4 Å². The average Bonchev–Trinajstić information content (AvgIpc) is 2.16. The molecule has 0 aliphatic carbocycles. The minimum Gasteiger partial charge on any atom is -0.326 e. The van der Waals surface area contributed by atoms with Gasteiger partial charge in [0.1, 0.15) is 0 Å². The zero-order chi connectivity index (χ0) is 11.3. The number of carbonyl (C=O) groups excluding carboxylic acids is 1. The van der Waals surface area contributed by atoms with Crippen molar-refractivity contribution in [2.24, 2.45) is 0 Å². The van der Waals surface area contributed by atoms with E-state index in [0.29, 0.717) is 0 Å². The fourth-order valence-corrected chi connectivity index (χ4v) is 1.72. The number of halogens is 1. The maximum Gasteiger partial charge on any atom is 0.221 e. The molecule has 3 heteroatoms. The Morgan fingerprint density at radius 2 is 2.27 bits per heavy atom. The van der Waals surface area contributed by atoms with E-state index in [4.69, 9.17) is 0 Å². The van der Waals surface area contributed by atoms with Crippen LogP contribution in [0.1, 0.15) is 12.5 Å². The quantitative estimate of drug-likeness (QED) is 0.675. The van der Waals surface area contributed by atoms with E-state index < -0.39 is 0 Å². The van der Waals surface area contributed by atoms with Crippen LogP contribution in [-0.2, 0) is 4.79 Å². The Morgan fingerprint density at radius 1 is 1.53 bits per heavy atom. The highest BCUT2D eigenvalue weighted by Crippen LogP contribution is 2.15. The molecule has 1 N–H and O–H groups in total. The van der Waals surface area contributed by atoms with Gasteiger partial charge in [0.25, 0.3) is 0 Å². The SMILES string of the molecule is C=CC=C(NC(C)=O)c1cccc(I)c1. The highest BCUT2D eigenvalue weighted by molar-refractivity contribution is 14.1. The van der Waals surface area contributed by atoms with Gasteiger partial charge in [0.15, 0.2) is 0 Å². The lowest BCUT2D eigenvalue weighted by atomic mass is 10.1. The van der Waals surface area contributed by atoms with Crippen molar-refractivity contribution in [3.63, 3.8) is 0 Å². The first kappa shape index (κ1) is 12.0. The molecule has 1 aromatic rings. The molecule has 0 unspecified atom stereocenters. The van der Waals surface area contributed by atoms with Gasteiger partial charge in [-0.1, -0.05) is 24.8 Å². The summed E-state index contributed by atoms with van der Waals surface area (Å²) in [4.78, 5) is 11.0. The molecular weight excluding hydrogens is 301 g/mol. The van der Waals surface area contributed by atoms with Crippen molar-refractivity contribution in [1.82, 2.24) is 5.32 Å². The van der Waals surface area contributed by atoms with Crippen LogP contribution in [0.3, 0.4) is 0 Å². The molecule has 0 fully saturated rings. The summed E-state index contributed by atoms with van der Waals surface area (Å²) in [6.07, 6.45) is 3.44. The molecule has 0 radical (unpaired) electrons. The third kappa shape index (κ3) is 3.87. The molecule has 1 rings (SSSR count). The van der Waals surface area contributed by atoms with Gasteiger partial charge in [-0.2, -0.15) is 0 Å². The maximum absolute atomic E-state index is 11.0. The first-order chi connectivity index (χ1) is 7.13. The lowest BCUT2D eigenvalue weighted by Gasteiger charge is -2.07. The molecule has 1 amide bonds. The summed E-state index contributed by atoms with van der Waals surface area (Å²) in [6.45, 7) is 5.12. The van der Waals surface area contributed by atoms with Gasteiger partial charge in [0, 0.05) is 16.2 Å². The second-order valence-corrected chi connectivity index (χ2v) is 4.25. The monoisotopic (exact) mass is 313 g/mol. The van der Waals surface area contributed by atoms with Gasteiger partial charge < -0.3 is 5.32 Å². The van der Waals surface area contributed by atoms with E-state index in [-0.39, 0.29) is 5.91 Å². The smallest absolute Gasteiger partial charge is 0.221 e. The number of nitrogens with one attached hydrogen (secondary N) is 1. The average molecular weight is 313 g/mol. The third-order valence-corrected chi connectivity index (χ3v) is 2.40. The van der Waals surface area contributed by atoms with Crippen LogP contribution in [0, 0.1) is 3.57 Å². The third-order valence-electron chi connectivity index (χ3n) is 1.73. The number of allylic oxidation sites excluding steroid dienone is 2. The van der Waals surface area contributed by atoms with E-state index in [1.54, 1.807) is 12.2 Å². The Kier molecular flexibility index (Phi) is 4.55. The van der Waals surface area contributed by atoms with Crippen LogP contribution in [0.15, 0.2) is 43.0 Å². The molecule has 0 aliphatic heterocycles. The van der Waals surface area contributed by atoms with E-state index in [9.17, 15) is 4.79 Å². The Bertz CT molecular complexity index is 410. The number of rotatable bonds is 3. The van der Waals surface area contributed by atoms with Crippen LogP contribution < -0.4 is 5.32 Å². The molecule has 15 heavy (non-hydrogen) atoms. The molecule has 1 aromatic carbocycles. The highest BCUT2D eigenvalue weighted by Gasteiger charge is 2.02. The molecule has 0 saturated carbocycles. The Morgan fingerprint density at radius 3 is 2.80 bits per heavy atom. The van der Waals surface area contributed by atoms with E-state index in [0.717, 1.165) is 14.8 Å². The largest absolute Gasteiger partial charge is 0.326 e. The Hall–Kier alpha value is -1.10.